The minimum absolute atomic E-state index is 0.393. The molecule has 118 valence electrons. The number of ether oxygens (including phenoxy) is 2. The molecule has 0 saturated heterocycles. The molecule has 0 aromatic heterocycles. The van der Waals surface area contributed by atoms with E-state index in [1.807, 2.05) is 24.3 Å². The van der Waals surface area contributed by atoms with Gasteiger partial charge in [0.05, 0.1) is 14.2 Å². The molecule has 0 fully saturated rings. The molecule has 1 aliphatic rings. The van der Waals surface area contributed by atoms with Crippen LogP contribution in [0.15, 0.2) is 44.4 Å². The van der Waals surface area contributed by atoms with Gasteiger partial charge < -0.3 is 9.47 Å². The van der Waals surface area contributed by atoms with Crippen LogP contribution >= 0.6 is 46.4 Å². The first kappa shape index (κ1) is 18.8. The lowest BCUT2D eigenvalue weighted by atomic mass is 10.1. The van der Waals surface area contributed by atoms with Gasteiger partial charge in [-0.1, -0.05) is 46.4 Å². The molecule has 2 rings (SSSR count). The molecule has 0 unspecified atom stereocenters. The second kappa shape index (κ2) is 8.44. The predicted octanol–water partition coefficient (Wildman–Crippen LogP) is 4.22. The van der Waals surface area contributed by atoms with Crippen LogP contribution in [0.1, 0.15) is 0 Å². The summed E-state index contributed by atoms with van der Waals surface area (Å²) in [6.45, 7) is 0. The molecule has 0 amide bonds. The summed E-state index contributed by atoms with van der Waals surface area (Å²) < 4.78 is 9.92. The molecule has 0 N–H and O–H groups in total. The zero-order valence-electron chi connectivity index (χ0n) is 11.5. The molecule has 0 aliphatic heterocycles. The van der Waals surface area contributed by atoms with Gasteiger partial charge in [-0.05, 0) is 24.3 Å². The Kier molecular flexibility index (Phi) is 7.23. The lowest BCUT2D eigenvalue weighted by molar-refractivity contribution is -0.114. The number of carbonyl (C=O) groups excluding carboxylic acids is 2. The number of hydrogen-bond acceptors (Lipinski definition) is 4. The van der Waals surface area contributed by atoms with Gasteiger partial charge in [-0.2, -0.15) is 0 Å². The summed E-state index contributed by atoms with van der Waals surface area (Å²) in [5.74, 6) is 0.238. The van der Waals surface area contributed by atoms with Gasteiger partial charge in [-0.3, -0.25) is 9.59 Å². The van der Waals surface area contributed by atoms with Crippen LogP contribution in [0.4, 0.5) is 0 Å². The molecule has 0 radical (unpaired) electrons. The van der Waals surface area contributed by atoms with Crippen LogP contribution in [0.2, 0.25) is 0 Å². The summed E-state index contributed by atoms with van der Waals surface area (Å²) in [6, 6.07) is 7.44. The maximum absolute atomic E-state index is 11.0. The third-order valence-electron chi connectivity index (χ3n) is 2.48. The first-order valence-electron chi connectivity index (χ1n) is 5.71. The minimum atomic E-state index is -0.729. The number of Topliss-reactive ketones (excluding diaryl/α,β-unsaturated/α-hetero) is 2. The van der Waals surface area contributed by atoms with Gasteiger partial charge in [0.2, 0.25) is 11.6 Å². The van der Waals surface area contributed by atoms with E-state index in [-0.39, 0.29) is 0 Å². The van der Waals surface area contributed by atoms with E-state index >= 15 is 0 Å². The first-order valence-corrected chi connectivity index (χ1v) is 7.22. The van der Waals surface area contributed by atoms with Gasteiger partial charge >= 0.3 is 0 Å². The van der Waals surface area contributed by atoms with Crippen molar-refractivity contribution in [1.29, 1.82) is 0 Å². The summed E-state index contributed by atoms with van der Waals surface area (Å²) in [4.78, 5) is 22.0. The third kappa shape index (κ3) is 4.40. The van der Waals surface area contributed by atoms with Crippen molar-refractivity contribution in [2.45, 2.75) is 0 Å². The summed E-state index contributed by atoms with van der Waals surface area (Å²) in [5.41, 5.74) is 0. The van der Waals surface area contributed by atoms with Crippen molar-refractivity contribution in [3.63, 3.8) is 0 Å². The molecule has 4 nitrogen and oxygen atoms in total. The highest BCUT2D eigenvalue weighted by Crippen LogP contribution is 2.32. The molecule has 0 bridgehead atoms. The van der Waals surface area contributed by atoms with Gasteiger partial charge in [0.25, 0.3) is 0 Å². The van der Waals surface area contributed by atoms with Crippen LogP contribution in [0.3, 0.4) is 0 Å². The molecule has 0 spiro atoms. The summed E-state index contributed by atoms with van der Waals surface area (Å²) in [6.07, 6.45) is 0. The highest BCUT2D eigenvalue weighted by atomic mass is 35.5. The Morgan fingerprint density at radius 3 is 1.05 bits per heavy atom. The highest BCUT2D eigenvalue weighted by Gasteiger charge is 2.31. The molecule has 1 aromatic rings. The largest absolute Gasteiger partial charge is 0.497 e. The normalized spacial score (nSPS) is 14.6. The van der Waals surface area contributed by atoms with E-state index < -0.39 is 31.7 Å². The van der Waals surface area contributed by atoms with Crippen molar-refractivity contribution in [2.24, 2.45) is 0 Å². The second-order valence-electron chi connectivity index (χ2n) is 3.79. The van der Waals surface area contributed by atoms with Crippen molar-refractivity contribution in [1.82, 2.24) is 0 Å². The molecular weight excluding hydrogens is 374 g/mol. The number of hydrogen-bond donors (Lipinski definition) is 0. The Morgan fingerprint density at radius 1 is 0.636 bits per heavy atom. The van der Waals surface area contributed by atoms with E-state index in [2.05, 4.69) is 0 Å². The standard InChI is InChI=1S/C8H10O2.C6Cl4O2/c1-9-7-3-5-8(10-2)6-4-7;7-1-2(8)6(12)4(10)3(9)5(1)11/h3-6H,1-2H3;. The Morgan fingerprint density at radius 2 is 0.864 bits per heavy atom. The molecule has 1 aliphatic carbocycles. The van der Waals surface area contributed by atoms with Crippen molar-refractivity contribution in [3.8, 4) is 11.5 Å². The van der Waals surface area contributed by atoms with Crippen molar-refractivity contribution in [2.75, 3.05) is 14.2 Å². The second-order valence-corrected chi connectivity index (χ2v) is 5.31. The monoisotopic (exact) mass is 382 g/mol. The lowest BCUT2D eigenvalue weighted by Gasteiger charge is -2.08. The highest BCUT2D eigenvalue weighted by molar-refractivity contribution is 6.69. The van der Waals surface area contributed by atoms with Crippen molar-refractivity contribution < 1.29 is 19.1 Å². The zero-order valence-corrected chi connectivity index (χ0v) is 14.5. The number of ketones is 2. The third-order valence-corrected chi connectivity index (χ3v) is 4.11. The minimum Gasteiger partial charge on any atom is -0.497 e. The van der Waals surface area contributed by atoms with Crippen LogP contribution < -0.4 is 9.47 Å². The number of benzene rings is 1. The molecule has 0 heterocycles. The molecular formula is C14H10Cl4O4. The summed E-state index contributed by atoms with van der Waals surface area (Å²) in [7, 11) is 3.28. The van der Waals surface area contributed by atoms with Gasteiger partial charge in [0.15, 0.2) is 0 Å². The molecule has 0 saturated carbocycles. The maximum atomic E-state index is 11.0. The number of carbonyl (C=O) groups is 2. The van der Waals surface area contributed by atoms with Crippen molar-refractivity contribution >= 4 is 58.0 Å². The summed E-state index contributed by atoms with van der Waals surface area (Å²) in [5, 5.41) is -1.57. The molecule has 1 aromatic carbocycles. The fraction of sp³-hybridized carbons (Fsp3) is 0.143. The lowest BCUT2D eigenvalue weighted by Crippen LogP contribution is -2.14. The molecule has 8 heteroatoms. The Balaban J connectivity index is 0.000000224. The average molecular weight is 384 g/mol. The van der Waals surface area contributed by atoms with E-state index in [0.717, 1.165) is 11.5 Å². The number of allylic oxidation sites excluding steroid dienone is 4. The Hall–Kier alpha value is -1.20. The SMILES string of the molecule is COc1ccc(OC)cc1.O=C1C(Cl)=C(Cl)C(=O)C(Cl)=C1Cl. The molecule has 0 atom stereocenters. The maximum Gasteiger partial charge on any atom is 0.219 e. The number of methoxy groups -OCH3 is 2. The van der Waals surface area contributed by atoms with Gasteiger partial charge in [-0.15, -0.1) is 0 Å². The van der Waals surface area contributed by atoms with Crippen molar-refractivity contribution in [3.05, 3.63) is 44.4 Å². The average Bonchev–Trinajstić information content (AvgIpc) is 2.57. The Labute approximate surface area is 147 Å². The van der Waals surface area contributed by atoms with E-state index in [1.54, 1.807) is 14.2 Å². The van der Waals surface area contributed by atoms with Crippen LogP contribution in [-0.4, -0.2) is 25.8 Å². The zero-order chi connectivity index (χ0) is 16.9. The van der Waals surface area contributed by atoms with Crippen LogP contribution in [0, 0.1) is 0 Å². The van der Waals surface area contributed by atoms with Crippen LogP contribution in [0.5, 0.6) is 11.5 Å². The van der Waals surface area contributed by atoms with Gasteiger partial charge in [0.1, 0.15) is 31.6 Å². The smallest absolute Gasteiger partial charge is 0.219 e. The molecule has 22 heavy (non-hydrogen) atoms. The first-order chi connectivity index (χ1) is 10.3. The van der Waals surface area contributed by atoms with E-state index in [0.29, 0.717) is 0 Å². The quantitative estimate of drug-likeness (QED) is 0.717. The fourth-order valence-corrected chi connectivity index (χ4v) is 2.12. The Bertz CT molecular complexity index is 562. The van der Waals surface area contributed by atoms with Gasteiger partial charge in [-0.25, -0.2) is 0 Å². The van der Waals surface area contributed by atoms with Gasteiger partial charge in [0, 0.05) is 0 Å². The van der Waals surface area contributed by atoms with E-state index in [1.165, 1.54) is 0 Å². The van der Waals surface area contributed by atoms with Crippen LogP contribution in [-0.2, 0) is 9.59 Å². The van der Waals surface area contributed by atoms with Crippen LogP contribution in [0.25, 0.3) is 0 Å². The fourth-order valence-electron chi connectivity index (χ4n) is 1.30. The van der Waals surface area contributed by atoms with E-state index in [9.17, 15) is 9.59 Å². The summed E-state index contributed by atoms with van der Waals surface area (Å²) >= 11 is 21.5. The topological polar surface area (TPSA) is 52.6 Å². The predicted molar refractivity (Wildman–Crippen MR) is 87.0 cm³/mol. The van der Waals surface area contributed by atoms with E-state index in [4.69, 9.17) is 55.9 Å². The number of rotatable bonds is 2. The number of halogens is 4.